The summed E-state index contributed by atoms with van der Waals surface area (Å²) in [6, 6.07) is 11.4. The van der Waals surface area contributed by atoms with Gasteiger partial charge in [-0.15, -0.1) is 0 Å². The van der Waals surface area contributed by atoms with Crippen molar-refractivity contribution in [3.05, 3.63) is 79.3 Å². The van der Waals surface area contributed by atoms with Gasteiger partial charge in [0.05, 0.1) is 11.9 Å². The molecular formula is C17H14BrN3O2. The van der Waals surface area contributed by atoms with E-state index in [9.17, 15) is 9.59 Å². The molecule has 0 aliphatic heterocycles. The number of anilines is 3. The van der Waals surface area contributed by atoms with Crippen molar-refractivity contribution in [1.29, 1.82) is 0 Å². The van der Waals surface area contributed by atoms with Crippen LogP contribution in [0, 0.1) is 0 Å². The van der Waals surface area contributed by atoms with Crippen molar-refractivity contribution >= 4 is 33.0 Å². The van der Waals surface area contributed by atoms with E-state index >= 15 is 0 Å². The summed E-state index contributed by atoms with van der Waals surface area (Å²) >= 11 is 3.32. The van der Waals surface area contributed by atoms with E-state index in [0.29, 0.717) is 11.4 Å². The molecule has 0 aliphatic rings. The van der Waals surface area contributed by atoms with Gasteiger partial charge >= 0.3 is 0 Å². The fourth-order valence-corrected chi connectivity index (χ4v) is 2.68. The Morgan fingerprint density at radius 3 is 2.43 bits per heavy atom. The van der Waals surface area contributed by atoms with Gasteiger partial charge in [0.15, 0.2) is 0 Å². The second kappa shape index (κ2) is 6.34. The van der Waals surface area contributed by atoms with Crippen molar-refractivity contribution in [3.63, 3.8) is 0 Å². The lowest BCUT2D eigenvalue weighted by Crippen LogP contribution is -2.37. The predicted octanol–water partition coefficient (Wildman–Crippen LogP) is 3.36. The number of pyridine rings is 1. The highest BCUT2D eigenvalue weighted by atomic mass is 79.9. The largest absolute Gasteiger partial charge is 0.373 e. The average Bonchev–Trinajstić information content (AvgIpc) is 2.58. The maximum absolute atomic E-state index is 11.9. The molecule has 0 saturated heterocycles. The number of benzene rings is 1. The molecule has 0 radical (unpaired) electrons. The second-order valence-corrected chi connectivity index (χ2v) is 6.12. The zero-order valence-corrected chi connectivity index (χ0v) is 13.9. The Hall–Kier alpha value is -2.47. The van der Waals surface area contributed by atoms with E-state index in [1.54, 1.807) is 18.5 Å². The summed E-state index contributed by atoms with van der Waals surface area (Å²) in [6.07, 6.45) is 3.23. The molecule has 0 fully saturated rings. The number of hydrogen-bond donors (Lipinski definition) is 2. The zero-order valence-electron chi connectivity index (χ0n) is 12.3. The van der Waals surface area contributed by atoms with Crippen molar-refractivity contribution < 1.29 is 0 Å². The molecule has 5 nitrogen and oxygen atoms in total. The van der Waals surface area contributed by atoms with Gasteiger partial charge in [0.25, 0.3) is 10.9 Å². The quantitative estimate of drug-likeness (QED) is 0.672. The van der Waals surface area contributed by atoms with Gasteiger partial charge in [-0.3, -0.25) is 14.6 Å². The lowest BCUT2D eigenvalue weighted by molar-refractivity contribution is 0.880. The fourth-order valence-electron chi connectivity index (χ4n) is 2.31. The Bertz CT molecular complexity index is 902. The third kappa shape index (κ3) is 3.17. The van der Waals surface area contributed by atoms with Crippen molar-refractivity contribution in [2.75, 3.05) is 10.6 Å². The lowest BCUT2D eigenvalue weighted by Gasteiger charge is -2.19. The number of halogens is 1. The minimum atomic E-state index is -0.521. The monoisotopic (exact) mass is 371 g/mol. The summed E-state index contributed by atoms with van der Waals surface area (Å²) in [6.45, 7) is 1.94. The van der Waals surface area contributed by atoms with Gasteiger partial charge in [-0.25, -0.2) is 0 Å². The molecule has 0 saturated carbocycles. The summed E-state index contributed by atoms with van der Waals surface area (Å²) in [5, 5.41) is 6.07. The predicted molar refractivity (Wildman–Crippen MR) is 95.1 cm³/mol. The maximum Gasteiger partial charge on any atom is 0.253 e. The highest BCUT2D eigenvalue weighted by Gasteiger charge is 2.22. The molecule has 2 aromatic carbocycles. The first-order chi connectivity index (χ1) is 11.1. The van der Waals surface area contributed by atoms with Gasteiger partial charge in [0, 0.05) is 16.7 Å². The molecule has 2 N–H and O–H groups in total. The van der Waals surface area contributed by atoms with E-state index in [2.05, 4.69) is 31.5 Å². The van der Waals surface area contributed by atoms with Crippen molar-refractivity contribution in [2.45, 2.75) is 13.0 Å². The number of hydrogen-bond acceptors (Lipinski definition) is 5. The molecule has 0 unspecified atom stereocenters. The smallest absolute Gasteiger partial charge is 0.253 e. The Kier molecular flexibility index (Phi) is 4.25. The summed E-state index contributed by atoms with van der Waals surface area (Å²) in [7, 11) is 0. The van der Waals surface area contributed by atoms with E-state index < -0.39 is 10.9 Å². The number of rotatable bonds is 5. The third-order valence-electron chi connectivity index (χ3n) is 3.54. The van der Waals surface area contributed by atoms with E-state index in [1.807, 2.05) is 37.3 Å². The topological polar surface area (TPSA) is 71.1 Å². The Morgan fingerprint density at radius 2 is 1.74 bits per heavy atom. The molecule has 1 heterocycles. The van der Waals surface area contributed by atoms with Crippen LogP contribution in [0.5, 0.6) is 0 Å². The van der Waals surface area contributed by atoms with Gasteiger partial charge in [-0.05, 0) is 34.5 Å². The van der Waals surface area contributed by atoms with E-state index in [1.165, 1.54) is 0 Å². The van der Waals surface area contributed by atoms with Crippen molar-refractivity contribution in [3.8, 4) is 0 Å². The van der Waals surface area contributed by atoms with Gasteiger partial charge in [-0.2, -0.15) is 0 Å². The molecule has 23 heavy (non-hydrogen) atoms. The van der Waals surface area contributed by atoms with Crippen LogP contribution in [0.2, 0.25) is 0 Å². The van der Waals surface area contributed by atoms with Crippen molar-refractivity contribution in [2.24, 2.45) is 0 Å². The van der Waals surface area contributed by atoms with E-state index in [-0.39, 0.29) is 11.7 Å². The fraction of sp³-hybridized carbons (Fsp3) is 0.118. The van der Waals surface area contributed by atoms with Crippen molar-refractivity contribution in [1.82, 2.24) is 4.98 Å². The van der Waals surface area contributed by atoms with Crippen LogP contribution >= 0.6 is 15.9 Å². The van der Waals surface area contributed by atoms with Crippen LogP contribution in [0.25, 0.3) is 0 Å². The van der Waals surface area contributed by atoms with Crippen LogP contribution in [0.1, 0.15) is 18.5 Å². The van der Waals surface area contributed by atoms with E-state index in [4.69, 9.17) is 0 Å². The molecule has 0 aliphatic carbocycles. The van der Waals surface area contributed by atoms with Crippen LogP contribution in [0.15, 0.2) is 62.9 Å². The van der Waals surface area contributed by atoms with Crippen LogP contribution in [-0.4, -0.2) is 4.98 Å². The number of nitrogens with zero attached hydrogens (tertiary/aromatic N) is 1. The minimum absolute atomic E-state index is 0.0827. The molecule has 0 spiro atoms. The zero-order chi connectivity index (χ0) is 16.4. The Balaban J connectivity index is 1.83. The summed E-state index contributed by atoms with van der Waals surface area (Å²) in [5.41, 5.74) is 1.24. The first-order valence-electron chi connectivity index (χ1n) is 7.08. The Labute approximate surface area is 141 Å². The maximum atomic E-state index is 11.9. The Morgan fingerprint density at radius 1 is 1.04 bits per heavy atom. The van der Waals surface area contributed by atoms with Gasteiger partial charge in [0.1, 0.15) is 11.4 Å². The lowest BCUT2D eigenvalue weighted by atomic mass is 10.1. The highest BCUT2D eigenvalue weighted by Crippen LogP contribution is 2.25. The van der Waals surface area contributed by atoms with Gasteiger partial charge in [-0.1, -0.05) is 30.3 Å². The summed E-state index contributed by atoms with van der Waals surface area (Å²) < 4.78 is 0.786. The molecule has 3 aromatic rings. The average molecular weight is 372 g/mol. The molecule has 0 bridgehead atoms. The molecule has 0 amide bonds. The molecule has 3 rings (SSSR count). The SMILES string of the molecule is C[C@@H](Nc1c(Nc2cncc(Br)c2)c(=O)c1=O)c1ccccc1. The van der Waals surface area contributed by atoms with Gasteiger partial charge < -0.3 is 10.6 Å². The molecule has 6 heteroatoms. The molecular weight excluding hydrogens is 358 g/mol. The van der Waals surface area contributed by atoms with E-state index in [0.717, 1.165) is 10.0 Å². The number of nitrogens with one attached hydrogen (secondary N) is 2. The minimum Gasteiger partial charge on any atom is -0.373 e. The first-order valence-corrected chi connectivity index (χ1v) is 7.88. The van der Waals surface area contributed by atoms with Gasteiger partial charge in [0.2, 0.25) is 0 Å². The third-order valence-corrected chi connectivity index (χ3v) is 3.98. The molecule has 116 valence electrons. The highest BCUT2D eigenvalue weighted by molar-refractivity contribution is 9.10. The molecule has 1 aromatic heterocycles. The van der Waals surface area contributed by atoms with Crippen LogP contribution in [0.4, 0.5) is 17.1 Å². The number of aromatic nitrogens is 1. The van der Waals surface area contributed by atoms with Crippen LogP contribution < -0.4 is 21.5 Å². The second-order valence-electron chi connectivity index (χ2n) is 5.20. The standard InChI is InChI=1S/C17H14BrN3O2/c1-10(11-5-3-2-4-6-11)20-14-15(17(23)16(14)22)21-13-7-12(18)8-19-9-13/h2-10,20-21H,1H3/t10-/m1/s1. The first kappa shape index (κ1) is 15.4. The van der Waals surface area contributed by atoms with Crippen LogP contribution in [0.3, 0.4) is 0 Å². The normalized spacial score (nSPS) is 12.1. The van der Waals surface area contributed by atoms with Crippen LogP contribution in [-0.2, 0) is 0 Å². The summed E-state index contributed by atoms with van der Waals surface area (Å²) in [5.74, 6) is 0. The molecule has 1 atom stereocenters. The summed E-state index contributed by atoms with van der Waals surface area (Å²) in [4.78, 5) is 27.7.